The van der Waals surface area contributed by atoms with Gasteiger partial charge in [-0.3, -0.25) is 0 Å². The van der Waals surface area contributed by atoms with Gasteiger partial charge in [0.1, 0.15) is 0 Å². The number of nitrogens with zero attached hydrogens (tertiary/aromatic N) is 3. The molecular weight excluding hydrogens is 264 g/mol. The zero-order chi connectivity index (χ0) is 13.8. The van der Waals surface area contributed by atoms with Crippen molar-refractivity contribution in [2.45, 2.75) is 13.0 Å². The van der Waals surface area contributed by atoms with Gasteiger partial charge in [-0.15, -0.1) is 11.3 Å². The van der Waals surface area contributed by atoms with Crippen LogP contribution < -0.4 is 10.2 Å². The fourth-order valence-electron chi connectivity index (χ4n) is 2.03. The Morgan fingerprint density at radius 1 is 1.68 bits per heavy atom. The highest BCUT2D eigenvalue weighted by molar-refractivity contribution is 7.13. The van der Waals surface area contributed by atoms with Crippen molar-refractivity contribution in [2.24, 2.45) is 5.92 Å². The number of hydrogen-bond donors (Lipinski definition) is 2. The second-order valence-electron chi connectivity index (χ2n) is 4.96. The lowest BCUT2D eigenvalue weighted by atomic mass is 10.1. The summed E-state index contributed by atoms with van der Waals surface area (Å²) in [5.74, 6) is 0.227. The Kier molecular flexibility index (Phi) is 4.60. The zero-order valence-corrected chi connectivity index (χ0v) is 12.1. The topological polar surface area (TPSA) is 68.7 Å². The van der Waals surface area contributed by atoms with E-state index in [0.29, 0.717) is 13.1 Å². The van der Waals surface area contributed by atoms with Crippen LogP contribution in [0.4, 0.5) is 9.93 Å². The van der Waals surface area contributed by atoms with Gasteiger partial charge in [0.25, 0.3) is 0 Å². The number of carbonyl (C=O) groups is 1. The van der Waals surface area contributed by atoms with Crippen molar-refractivity contribution in [2.75, 3.05) is 38.7 Å². The molecule has 0 spiro atoms. The van der Waals surface area contributed by atoms with Crippen LogP contribution in [0.3, 0.4) is 0 Å². The minimum absolute atomic E-state index is 0.0737. The van der Waals surface area contributed by atoms with E-state index in [0.717, 1.165) is 23.8 Å². The smallest absolute Gasteiger partial charge is 0.317 e. The van der Waals surface area contributed by atoms with E-state index in [4.69, 9.17) is 5.11 Å². The van der Waals surface area contributed by atoms with E-state index >= 15 is 0 Å². The number of carbonyl (C=O) groups excluding carboxylic acids is 1. The predicted molar refractivity (Wildman–Crippen MR) is 75.4 cm³/mol. The molecule has 0 aliphatic carbocycles. The number of hydrogen-bond acceptors (Lipinski definition) is 5. The molecule has 1 fully saturated rings. The first kappa shape index (κ1) is 14.1. The van der Waals surface area contributed by atoms with E-state index in [2.05, 4.69) is 10.3 Å². The highest BCUT2D eigenvalue weighted by Crippen LogP contribution is 2.18. The first-order chi connectivity index (χ1) is 9.10. The van der Waals surface area contributed by atoms with Crippen LogP contribution >= 0.6 is 11.3 Å². The highest BCUT2D eigenvalue weighted by Gasteiger charge is 2.25. The summed E-state index contributed by atoms with van der Waals surface area (Å²) in [6.45, 7) is 1.96. The van der Waals surface area contributed by atoms with Crippen LogP contribution in [0.25, 0.3) is 0 Å². The largest absolute Gasteiger partial charge is 0.396 e. The molecule has 106 valence electrons. The van der Waals surface area contributed by atoms with Crippen molar-refractivity contribution >= 4 is 22.5 Å². The monoisotopic (exact) mass is 284 g/mol. The lowest BCUT2D eigenvalue weighted by Crippen LogP contribution is -2.38. The van der Waals surface area contributed by atoms with Crippen molar-refractivity contribution in [3.63, 3.8) is 0 Å². The summed E-state index contributed by atoms with van der Waals surface area (Å²) >= 11 is 1.56. The first-order valence-corrected chi connectivity index (χ1v) is 7.23. The Hall–Kier alpha value is -1.34. The third-order valence-corrected chi connectivity index (χ3v) is 4.23. The second kappa shape index (κ2) is 6.21. The van der Waals surface area contributed by atoms with E-state index in [1.54, 1.807) is 16.2 Å². The van der Waals surface area contributed by atoms with Gasteiger partial charge in [0.2, 0.25) is 0 Å². The van der Waals surface area contributed by atoms with Crippen LogP contribution in [0.2, 0.25) is 0 Å². The number of aliphatic hydroxyl groups is 1. The zero-order valence-electron chi connectivity index (χ0n) is 11.3. The number of rotatable bonds is 4. The third-order valence-electron chi connectivity index (χ3n) is 3.17. The van der Waals surface area contributed by atoms with E-state index < -0.39 is 0 Å². The SMILES string of the molecule is CN(C)c1nc(CNC(=O)N2CCC(CO)C2)cs1. The summed E-state index contributed by atoms with van der Waals surface area (Å²) in [5, 5.41) is 14.8. The molecule has 0 radical (unpaired) electrons. The number of anilines is 1. The molecule has 1 aromatic heterocycles. The Labute approximate surface area is 117 Å². The number of aromatic nitrogens is 1. The molecule has 2 heterocycles. The molecule has 19 heavy (non-hydrogen) atoms. The Balaban J connectivity index is 1.80. The van der Waals surface area contributed by atoms with Gasteiger partial charge < -0.3 is 20.2 Å². The van der Waals surface area contributed by atoms with Crippen LogP contribution in [-0.4, -0.2) is 54.8 Å². The van der Waals surface area contributed by atoms with Gasteiger partial charge in [0.15, 0.2) is 5.13 Å². The molecule has 2 rings (SSSR count). The standard InChI is InChI=1S/C12H20N4O2S/c1-15(2)12-14-10(8-19-12)5-13-11(18)16-4-3-9(6-16)7-17/h8-9,17H,3-7H2,1-2H3,(H,13,18). The maximum absolute atomic E-state index is 11.9. The van der Waals surface area contributed by atoms with Crippen LogP contribution in [0, 0.1) is 5.92 Å². The average molecular weight is 284 g/mol. The van der Waals surface area contributed by atoms with Gasteiger partial charge in [-0.2, -0.15) is 0 Å². The summed E-state index contributed by atoms with van der Waals surface area (Å²) in [7, 11) is 3.89. The minimum Gasteiger partial charge on any atom is -0.396 e. The molecule has 6 nitrogen and oxygen atoms in total. The van der Waals surface area contributed by atoms with E-state index in [9.17, 15) is 4.79 Å². The first-order valence-electron chi connectivity index (χ1n) is 6.35. The van der Waals surface area contributed by atoms with E-state index in [-0.39, 0.29) is 18.6 Å². The number of amides is 2. The van der Waals surface area contributed by atoms with Crippen molar-refractivity contribution in [1.82, 2.24) is 15.2 Å². The lowest BCUT2D eigenvalue weighted by Gasteiger charge is -2.16. The predicted octanol–water partition coefficient (Wildman–Crippen LogP) is 0.733. The summed E-state index contributed by atoms with van der Waals surface area (Å²) in [6, 6.07) is -0.0737. The maximum atomic E-state index is 11.9. The molecule has 7 heteroatoms. The minimum atomic E-state index is -0.0737. The van der Waals surface area contributed by atoms with Crippen LogP contribution in [0.15, 0.2) is 5.38 Å². The molecule has 2 amide bonds. The molecule has 1 aliphatic heterocycles. The highest BCUT2D eigenvalue weighted by atomic mass is 32.1. The molecule has 2 N–H and O–H groups in total. The number of aliphatic hydroxyl groups excluding tert-OH is 1. The Morgan fingerprint density at radius 3 is 3.05 bits per heavy atom. The lowest BCUT2D eigenvalue weighted by molar-refractivity contribution is 0.198. The number of nitrogens with one attached hydrogen (secondary N) is 1. The molecule has 0 aromatic carbocycles. The van der Waals surface area contributed by atoms with Crippen molar-refractivity contribution < 1.29 is 9.90 Å². The van der Waals surface area contributed by atoms with E-state index in [1.165, 1.54) is 0 Å². The van der Waals surface area contributed by atoms with Gasteiger partial charge in [-0.1, -0.05) is 0 Å². The van der Waals surface area contributed by atoms with Crippen molar-refractivity contribution in [1.29, 1.82) is 0 Å². The quantitative estimate of drug-likeness (QED) is 0.855. The normalized spacial score (nSPS) is 18.7. The summed E-state index contributed by atoms with van der Waals surface area (Å²) in [4.78, 5) is 20.0. The van der Waals surface area contributed by atoms with Gasteiger partial charge in [-0.25, -0.2) is 9.78 Å². The molecule has 1 saturated heterocycles. The molecule has 1 aromatic rings. The Bertz CT molecular complexity index is 435. The fourth-order valence-corrected chi connectivity index (χ4v) is 2.79. The van der Waals surface area contributed by atoms with Crippen LogP contribution in [-0.2, 0) is 6.54 Å². The Morgan fingerprint density at radius 2 is 2.47 bits per heavy atom. The van der Waals surface area contributed by atoms with Gasteiger partial charge >= 0.3 is 6.03 Å². The van der Waals surface area contributed by atoms with Crippen LogP contribution in [0.1, 0.15) is 12.1 Å². The van der Waals surface area contributed by atoms with Gasteiger partial charge in [0.05, 0.1) is 12.2 Å². The average Bonchev–Trinajstić information content (AvgIpc) is 3.04. The molecule has 1 aliphatic rings. The van der Waals surface area contributed by atoms with Gasteiger partial charge in [0, 0.05) is 45.1 Å². The molecule has 1 unspecified atom stereocenters. The van der Waals surface area contributed by atoms with E-state index in [1.807, 2.05) is 24.4 Å². The number of likely N-dealkylation sites (tertiary alicyclic amines) is 1. The number of thiazole rings is 1. The number of urea groups is 1. The molecular formula is C12H20N4O2S. The fraction of sp³-hybridized carbons (Fsp3) is 0.667. The summed E-state index contributed by atoms with van der Waals surface area (Å²) in [5.41, 5.74) is 0.875. The molecule has 0 saturated carbocycles. The van der Waals surface area contributed by atoms with Gasteiger partial charge in [-0.05, 0) is 6.42 Å². The van der Waals surface area contributed by atoms with Crippen molar-refractivity contribution in [3.05, 3.63) is 11.1 Å². The summed E-state index contributed by atoms with van der Waals surface area (Å²) in [6.07, 6.45) is 0.880. The maximum Gasteiger partial charge on any atom is 0.317 e. The second-order valence-corrected chi connectivity index (χ2v) is 5.79. The molecule has 0 bridgehead atoms. The summed E-state index contributed by atoms with van der Waals surface area (Å²) < 4.78 is 0. The van der Waals surface area contributed by atoms with Crippen molar-refractivity contribution in [3.8, 4) is 0 Å². The third kappa shape index (κ3) is 3.57. The van der Waals surface area contributed by atoms with Crippen LogP contribution in [0.5, 0.6) is 0 Å². The molecule has 1 atom stereocenters.